The van der Waals surface area contributed by atoms with Gasteiger partial charge < -0.3 is 10.6 Å². The molecule has 0 bridgehead atoms. The Hall–Kier alpha value is -1.06. The Morgan fingerprint density at radius 2 is 2.05 bits per heavy atom. The summed E-state index contributed by atoms with van der Waals surface area (Å²) in [5, 5.41) is 5.95. The number of nitrogens with one attached hydrogen (secondary N) is 1. The second-order valence-corrected chi connectivity index (χ2v) is 6.06. The van der Waals surface area contributed by atoms with Gasteiger partial charge in [-0.2, -0.15) is 0 Å². The number of halogens is 1. The van der Waals surface area contributed by atoms with Crippen molar-refractivity contribution in [2.24, 2.45) is 0 Å². The molecule has 0 radical (unpaired) electrons. The van der Waals surface area contributed by atoms with Crippen LogP contribution in [-0.4, -0.2) is 18.5 Å². The van der Waals surface area contributed by atoms with Crippen molar-refractivity contribution in [2.75, 3.05) is 6.54 Å². The molecule has 110 valence electrons. The van der Waals surface area contributed by atoms with Crippen molar-refractivity contribution in [3.05, 3.63) is 34.9 Å². The van der Waals surface area contributed by atoms with Crippen molar-refractivity contribution >= 4 is 17.5 Å². The highest BCUT2D eigenvalue weighted by molar-refractivity contribution is 6.31. The third kappa shape index (κ3) is 4.50. The van der Waals surface area contributed by atoms with Gasteiger partial charge in [0.25, 0.3) is 5.91 Å². The minimum Gasteiger partial charge on any atom is -0.348 e. The lowest BCUT2D eigenvalue weighted by Gasteiger charge is -2.22. The zero-order valence-electron chi connectivity index (χ0n) is 12.1. The van der Waals surface area contributed by atoms with Crippen molar-refractivity contribution in [1.29, 1.82) is 0 Å². The lowest BCUT2D eigenvalue weighted by atomic mass is 9.95. The quantitative estimate of drug-likeness (QED) is 0.861. The summed E-state index contributed by atoms with van der Waals surface area (Å²) in [5.41, 5.74) is 1.08. The number of nitrogens with two attached hydrogens (primary N) is 1. The van der Waals surface area contributed by atoms with Crippen LogP contribution in [0.2, 0.25) is 5.02 Å². The van der Waals surface area contributed by atoms with E-state index in [1.807, 2.05) is 29.6 Å². The van der Waals surface area contributed by atoms with E-state index in [2.05, 4.69) is 12.2 Å². The Kier molecular flexibility index (Phi) is 5.86. The largest absolute Gasteiger partial charge is 0.348 e. The third-order valence-electron chi connectivity index (χ3n) is 4.02. The molecule has 20 heavy (non-hydrogen) atoms. The maximum atomic E-state index is 12.0. The minimum atomic E-state index is 0.135. The molecule has 3 N–H and O–H groups in total. The van der Waals surface area contributed by atoms with Crippen LogP contribution in [0.4, 0.5) is 0 Å². The summed E-state index contributed by atoms with van der Waals surface area (Å²) >= 11 is 6.17. The van der Waals surface area contributed by atoms with Crippen LogP contribution in [0.1, 0.15) is 50.6 Å². The minimum absolute atomic E-state index is 0.135. The van der Waals surface area contributed by atoms with Crippen molar-refractivity contribution < 1.29 is 10.1 Å². The van der Waals surface area contributed by atoms with Crippen molar-refractivity contribution in [1.82, 2.24) is 5.32 Å². The fraction of sp³-hybridized carbons (Fsp3) is 0.562. The first kappa shape index (κ1) is 15.3. The summed E-state index contributed by atoms with van der Waals surface area (Å²) in [6, 6.07) is 8.40. The summed E-state index contributed by atoms with van der Waals surface area (Å²) in [5.74, 6) is 0.135. The molecule has 1 saturated carbocycles. The molecule has 0 unspecified atom stereocenters. The highest BCUT2D eigenvalue weighted by Crippen LogP contribution is 2.19. The van der Waals surface area contributed by atoms with Gasteiger partial charge in [-0.25, -0.2) is 0 Å². The predicted octanol–water partition coefficient (Wildman–Crippen LogP) is 2.41. The molecule has 0 aliphatic heterocycles. The fourth-order valence-corrected chi connectivity index (χ4v) is 3.10. The van der Waals surface area contributed by atoms with Gasteiger partial charge in [-0.1, -0.05) is 49.1 Å². The average molecular weight is 296 g/mol. The normalized spacial score (nSPS) is 17.7. The SMILES string of the molecule is C[C@@H]([NH2+]CC(=O)NC1CCCCC1)c1ccccc1Cl. The summed E-state index contributed by atoms with van der Waals surface area (Å²) in [4.78, 5) is 12.0. The highest BCUT2D eigenvalue weighted by atomic mass is 35.5. The summed E-state index contributed by atoms with van der Waals surface area (Å²) in [7, 11) is 0. The van der Waals surface area contributed by atoms with Gasteiger partial charge in [0.2, 0.25) is 0 Å². The van der Waals surface area contributed by atoms with Crippen LogP contribution < -0.4 is 10.6 Å². The monoisotopic (exact) mass is 295 g/mol. The van der Waals surface area contributed by atoms with Gasteiger partial charge in [-0.3, -0.25) is 4.79 Å². The zero-order valence-corrected chi connectivity index (χ0v) is 12.8. The van der Waals surface area contributed by atoms with Gasteiger partial charge in [0.05, 0.1) is 0 Å². The Labute approximate surface area is 126 Å². The molecule has 1 atom stereocenters. The molecule has 0 saturated heterocycles. The molecule has 0 aromatic heterocycles. The lowest BCUT2D eigenvalue weighted by molar-refractivity contribution is -0.682. The number of carbonyl (C=O) groups excluding carboxylic acids is 1. The topological polar surface area (TPSA) is 45.7 Å². The van der Waals surface area contributed by atoms with Crippen LogP contribution >= 0.6 is 11.6 Å². The first-order chi connectivity index (χ1) is 9.66. The van der Waals surface area contributed by atoms with Crippen molar-refractivity contribution in [2.45, 2.75) is 51.1 Å². The van der Waals surface area contributed by atoms with E-state index in [1.165, 1.54) is 19.3 Å². The first-order valence-corrected chi connectivity index (χ1v) is 7.91. The number of carbonyl (C=O) groups is 1. The van der Waals surface area contributed by atoms with E-state index in [-0.39, 0.29) is 11.9 Å². The molecule has 1 aliphatic rings. The van der Waals surface area contributed by atoms with E-state index in [1.54, 1.807) is 0 Å². The number of benzene rings is 1. The number of hydrogen-bond acceptors (Lipinski definition) is 1. The summed E-state index contributed by atoms with van der Waals surface area (Å²) in [6.45, 7) is 2.54. The van der Waals surface area contributed by atoms with E-state index in [9.17, 15) is 4.79 Å². The van der Waals surface area contributed by atoms with Crippen LogP contribution in [0.3, 0.4) is 0 Å². The number of quaternary nitrogens is 1. The Morgan fingerprint density at radius 1 is 1.35 bits per heavy atom. The third-order valence-corrected chi connectivity index (χ3v) is 4.37. The lowest BCUT2D eigenvalue weighted by Crippen LogP contribution is -2.87. The van der Waals surface area contributed by atoms with E-state index in [0.717, 1.165) is 23.4 Å². The number of amides is 1. The molecule has 1 fully saturated rings. The van der Waals surface area contributed by atoms with E-state index >= 15 is 0 Å². The van der Waals surface area contributed by atoms with Crippen LogP contribution in [0.25, 0.3) is 0 Å². The van der Waals surface area contributed by atoms with Gasteiger partial charge in [-0.05, 0) is 25.8 Å². The fourth-order valence-electron chi connectivity index (χ4n) is 2.79. The summed E-state index contributed by atoms with van der Waals surface area (Å²) in [6.07, 6.45) is 6.05. The average Bonchev–Trinajstić information content (AvgIpc) is 2.46. The van der Waals surface area contributed by atoms with Crippen molar-refractivity contribution in [3.8, 4) is 0 Å². The van der Waals surface area contributed by atoms with Gasteiger partial charge in [0.1, 0.15) is 6.04 Å². The van der Waals surface area contributed by atoms with Gasteiger partial charge >= 0.3 is 0 Å². The van der Waals surface area contributed by atoms with Crippen LogP contribution in [0.5, 0.6) is 0 Å². The molecule has 0 spiro atoms. The van der Waals surface area contributed by atoms with Gasteiger partial charge in [0.15, 0.2) is 6.54 Å². The first-order valence-electron chi connectivity index (χ1n) is 7.54. The Morgan fingerprint density at radius 3 is 2.75 bits per heavy atom. The second-order valence-electron chi connectivity index (χ2n) is 5.65. The highest BCUT2D eigenvalue weighted by Gasteiger charge is 2.18. The summed E-state index contributed by atoms with van der Waals surface area (Å²) < 4.78 is 0. The standard InChI is InChI=1S/C16H23ClN2O/c1-12(14-9-5-6-10-15(14)17)18-11-16(20)19-13-7-3-2-4-8-13/h5-6,9-10,12-13,18H,2-4,7-8,11H2,1H3,(H,19,20)/p+1/t12-/m1/s1. The number of hydrogen-bond donors (Lipinski definition) is 2. The van der Waals surface area contributed by atoms with Gasteiger partial charge in [-0.15, -0.1) is 0 Å². The van der Waals surface area contributed by atoms with Crippen molar-refractivity contribution in [3.63, 3.8) is 0 Å². The Balaban J connectivity index is 1.76. The molecule has 2 rings (SSSR count). The molecule has 1 aromatic carbocycles. The molecule has 1 amide bonds. The smallest absolute Gasteiger partial charge is 0.275 e. The molecule has 3 nitrogen and oxygen atoms in total. The van der Waals surface area contributed by atoms with Crippen LogP contribution in [0.15, 0.2) is 24.3 Å². The zero-order chi connectivity index (χ0) is 14.4. The molecular weight excluding hydrogens is 272 g/mol. The molecular formula is C16H24ClN2O+. The maximum absolute atomic E-state index is 12.0. The molecule has 0 heterocycles. The van der Waals surface area contributed by atoms with E-state index in [4.69, 9.17) is 11.6 Å². The van der Waals surface area contributed by atoms with Crippen LogP contribution in [-0.2, 0) is 4.79 Å². The van der Waals surface area contributed by atoms with E-state index < -0.39 is 0 Å². The Bertz CT molecular complexity index is 444. The van der Waals surface area contributed by atoms with Crippen LogP contribution in [0, 0.1) is 0 Å². The number of rotatable bonds is 5. The molecule has 1 aliphatic carbocycles. The predicted molar refractivity (Wildman–Crippen MR) is 81.7 cm³/mol. The van der Waals surface area contributed by atoms with E-state index in [0.29, 0.717) is 12.6 Å². The second kappa shape index (κ2) is 7.65. The molecule has 1 aromatic rings. The van der Waals surface area contributed by atoms with Gasteiger partial charge in [0, 0.05) is 16.6 Å². The molecule has 4 heteroatoms. The maximum Gasteiger partial charge on any atom is 0.275 e.